The molecule has 7 aromatic carbocycles. The molecule has 2 nitrogen and oxygen atoms in total. The summed E-state index contributed by atoms with van der Waals surface area (Å²) in [4.78, 5) is 2.38. The van der Waals surface area contributed by atoms with Crippen LogP contribution in [0, 0.1) is 0 Å². The molecular weight excluding hydrogens is 544 g/mol. The Morgan fingerprint density at radius 2 is 1.02 bits per heavy atom. The Balaban J connectivity index is 1.18. The fraction of sp³-hybridized carbons (Fsp3) is 0.0698. The summed E-state index contributed by atoms with van der Waals surface area (Å²) in [5.74, 6) is 0. The zero-order valence-corrected chi connectivity index (χ0v) is 25.4. The largest absolute Gasteiger partial charge is 0.310 e. The van der Waals surface area contributed by atoms with Gasteiger partial charge < -0.3 is 9.47 Å². The molecule has 2 heteroatoms. The fourth-order valence-corrected chi connectivity index (χ4v) is 7.70. The molecule has 1 aliphatic carbocycles. The van der Waals surface area contributed by atoms with Crippen molar-refractivity contribution in [1.29, 1.82) is 0 Å². The predicted octanol–water partition coefficient (Wildman–Crippen LogP) is 11.7. The highest BCUT2D eigenvalue weighted by Crippen LogP contribution is 2.53. The van der Waals surface area contributed by atoms with Crippen molar-refractivity contribution in [2.45, 2.75) is 19.3 Å². The van der Waals surface area contributed by atoms with E-state index >= 15 is 0 Å². The average Bonchev–Trinajstić information content (AvgIpc) is 3.54. The summed E-state index contributed by atoms with van der Waals surface area (Å²) in [6.07, 6.45) is 0. The van der Waals surface area contributed by atoms with Crippen LogP contribution in [-0.4, -0.2) is 4.57 Å². The van der Waals surface area contributed by atoms with Gasteiger partial charge in [-0.15, -0.1) is 0 Å². The zero-order valence-electron chi connectivity index (χ0n) is 25.4. The van der Waals surface area contributed by atoms with E-state index in [2.05, 4.69) is 181 Å². The van der Waals surface area contributed by atoms with Gasteiger partial charge in [0.1, 0.15) is 0 Å². The standard InChI is InChI=1S/C43H32N2/c1-43(2)39-28-33(25-27-35(39)38-26-20-29-12-6-7-15-34(29)42(38)43)44(30-13-4-3-5-14-30)31-21-23-32(24-22-31)45-40-18-10-8-16-36(40)37-17-9-11-19-41(37)45/h3-28H,1-2H3. The minimum absolute atomic E-state index is 0.121. The number of hydrogen-bond donors (Lipinski definition) is 0. The maximum Gasteiger partial charge on any atom is 0.0541 e. The Morgan fingerprint density at radius 3 is 1.73 bits per heavy atom. The molecule has 9 rings (SSSR count). The van der Waals surface area contributed by atoms with E-state index in [1.807, 2.05) is 0 Å². The summed E-state index contributed by atoms with van der Waals surface area (Å²) in [5.41, 5.74) is 12.4. The van der Waals surface area contributed by atoms with Gasteiger partial charge >= 0.3 is 0 Å². The van der Waals surface area contributed by atoms with E-state index in [0.717, 1.165) is 22.7 Å². The Hall–Kier alpha value is -5.60. The summed E-state index contributed by atoms with van der Waals surface area (Å²) < 4.78 is 2.38. The summed E-state index contributed by atoms with van der Waals surface area (Å²) in [6.45, 7) is 4.75. The number of para-hydroxylation sites is 3. The summed E-state index contributed by atoms with van der Waals surface area (Å²) in [7, 11) is 0. The van der Waals surface area contributed by atoms with Gasteiger partial charge in [0, 0.05) is 38.9 Å². The normalized spacial score (nSPS) is 13.3. The first-order valence-electron chi connectivity index (χ1n) is 15.7. The van der Waals surface area contributed by atoms with Crippen molar-refractivity contribution in [2.75, 3.05) is 4.90 Å². The Kier molecular flexibility index (Phi) is 5.58. The maximum atomic E-state index is 2.41. The first kappa shape index (κ1) is 25.9. The molecule has 1 heterocycles. The fourth-order valence-electron chi connectivity index (χ4n) is 7.70. The van der Waals surface area contributed by atoms with Crippen molar-refractivity contribution in [3.8, 4) is 16.8 Å². The maximum absolute atomic E-state index is 2.41. The molecule has 0 saturated carbocycles. The van der Waals surface area contributed by atoms with Crippen molar-refractivity contribution in [3.05, 3.63) is 169 Å². The van der Waals surface area contributed by atoms with Crippen LogP contribution in [0.4, 0.5) is 17.1 Å². The second-order valence-corrected chi connectivity index (χ2v) is 12.6. The van der Waals surface area contributed by atoms with Crippen molar-refractivity contribution < 1.29 is 0 Å². The molecule has 0 saturated heterocycles. The van der Waals surface area contributed by atoms with Crippen LogP contribution >= 0.6 is 0 Å². The van der Waals surface area contributed by atoms with E-state index in [1.54, 1.807) is 0 Å². The van der Waals surface area contributed by atoms with Gasteiger partial charge in [-0.05, 0) is 93.7 Å². The van der Waals surface area contributed by atoms with Gasteiger partial charge in [-0.1, -0.05) is 111 Å². The molecule has 1 aromatic heterocycles. The number of aromatic nitrogens is 1. The van der Waals surface area contributed by atoms with Gasteiger partial charge in [0.05, 0.1) is 11.0 Å². The van der Waals surface area contributed by atoms with E-state index in [0.29, 0.717) is 0 Å². The molecule has 0 atom stereocenters. The molecule has 8 aromatic rings. The number of rotatable bonds is 4. The smallest absolute Gasteiger partial charge is 0.0541 e. The van der Waals surface area contributed by atoms with E-state index < -0.39 is 0 Å². The third-order valence-corrected chi connectivity index (χ3v) is 9.74. The lowest BCUT2D eigenvalue weighted by molar-refractivity contribution is 0.666. The van der Waals surface area contributed by atoms with Gasteiger partial charge in [0.25, 0.3) is 0 Å². The van der Waals surface area contributed by atoms with Crippen LogP contribution in [0.15, 0.2) is 158 Å². The minimum Gasteiger partial charge on any atom is -0.310 e. The second kappa shape index (κ2) is 9.70. The molecular formula is C43H32N2. The summed E-state index contributed by atoms with van der Waals surface area (Å²) in [5, 5.41) is 5.19. The number of anilines is 3. The molecule has 0 spiro atoms. The Morgan fingerprint density at radius 1 is 0.467 bits per heavy atom. The van der Waals surface area contributed by atoms with Gasteiger partial charge in [0.2, 0.25) is 0 Å². The van der Waals surface area contributed by atoms with E-state index in [9.17, 15) is 0 Å². The average molecular weight is 577 g/mol. The lowest BCUT2D eigenvalue weighted by atomic mass is 9.80. The highest BCUT2D eigenvalue weighted by molar-refractivity contribution is 6.09. The van der Waals surface area contributed by atoms with Crippen LogP contribution < -0.4 is 4.90 Å². The van der Waals surface area contributed by atoms with Crippen LogP contribution in [-0.2, 0) is 5.41 Å². The van der Waals surface area contributed by atoms with Crippen molar-refractivity contribution in [2.24, 2.45) is 0 Å². The van der Waals surface area contributed by atoms with Crippen LogP contribution in [0.5, 0.6) is 0 Å². The highest BCUT2D eigenvalue weighted by Gasteiger charge is 2.37. The lowest BCUT2D eigenvalue weighted by Gasteiger charge is -2.28. The van der Waals surface area contributed by atoms with E-state index in [4.69, 9.17) is 0 Å². The van der Waals surface area contributed by atoms with Gasteiger partial charge in [-0.2, -0.15) is 0 Å². The third-order valence-electron chi connectivity index (χ3n) is 9.74. The summed E-state index contributed by atoms with van der Waals surface area (Å²) in [6, 6.07) is 57.5. The molecule has 0 bridgehead atoms. The zero-order chi connectivity index (χ0) is 30.1. The predicted molar refractivity (Wildman–Crippen MR) is 191 cm³/mol. The molecule has 0 unspecified atom stereocenters. The molecule has 0 radical (unpaired) electrons. The first-order chi connectivity index (χ1) is 22.1. The third kappa shape index (κ3) is 3.82. The van der Waals surface area contributed by atoms with E-state index in [-0.39, 0.29) is 5.41 Å². The van der Waals surface area contributed by atoms with Gasteiger partial charge in [0.15, 0.2) is 0 Å². The number of benzene rings is 7. The number of nitrogens with zero attached hydrogens (tertiary/aromatic N) is 2. The van der Waals surface area contributed by atoms with Crippen LogP contribution in [0.25, 0.3) is 49.4 Å². The molecule has 0 amide bonds. The Bertz CT molecular complexity index is 2340. The van der Waals surface area contributed by atoms with Crippen molar-refractivity contribution in [1.82, 2.24) is 4.57 Å². The van der Waals surface area contributed by atoms with Gasteiger partial charge in [-0.3, -0.25) is 0 Å². The molecule has 1 aliphatic rings. The summed E-state index contributed by atoms with van der Waals surface area (Å²) >= 11 is 0. The first-order valence-corrected chi connectivity index (χ1v) is 15.7. The number of fused-ring (bicyclic) bond motifs is 8. The number of hydrogen-bond acceptors (Lipinski definition) is 1. The van der Waals surface area contributed by atoms with Crippen molar-refractivity contribution in [3.63, 3.8) is 0 Å². The topological polar surface area (TPSA) is 8.17 Å². The SMILES string of the molecule is CC1(C)c2cc(N(c3ccccc3)c3ccc(-n4c5ccccc5c5ccccc54)cc3)ccc2-c2ccc3ccccc3c21. The van der Waals surface area contributed by atoms with Crippen molar-refractivity contribution >= 4 is 49.6 Å². The minimum atomic E-state index is -0.121. The lowest BCUT2D eigenvalue weighted by Crippen LogP contribution is -2.17. The van der Waals surface area contributed by atoms with Crippen LogP contribution in [0.2, 0.25) is 0 Å². The molecule has 0 N–H and O–H groups in total. The molecule has 45 heavy (non-hydrogen) atoms. The Labute approximate surface area is 263 Å². The monoisotopic (exact) mass is 576 g/mol. The van der Waals surface area contributed by atoms with Crippen LogP contribution in [0.3, 0.4) is 0 Å². The molecule has 0 aliphatic heterocycles. The second-order valence-electron chi connectivity index (χ2n) is 12.6. The molecule has 214 valence electrons. The van der Waals surface area contributed by atoms with Gasteiger partial charge in [-0.25, -0.2) is 0 Å². The molecule has 0 fully saturated rings. The van der Waals surface area contributed by atoms with E-state index in [1.165, 1.54) is 54.8 Å². The quantitative estimate of drug-likeness (QED) is 0.202. The highest BCUT2D eigenvalue weighted by atomic mass is 15.1. The van der Waals surface area contributed by atoms with Crippen LogP contribution in [0.1, 0.15) is 25.0 Å².